The van der Waals surface area contributed by atoms with Crippen molar-refractivity contribution in [1.82, 2.24) is 0 Å². The average molecular weight is 577 g/mol. The van der Waals surface area contributed by atoms with Gasteiger partial charge in [-0.2, -0.15) is 0 Å². The predicted octanol–water partition coefficient (Wildman–Crippen LogP) is 1.96. The first-order chi connectivity index (χ1) is 11.7. The number of allylic oxidation sites excluding steroid dienone is 2. The zero-order valence-corrected chi connectivity index (χ0v) is 20.5. The minimum absolute atomic E-state index is 0. The van der Waals surface area contributed by atoms with Gasteiger partial charge in [-0.3, -0.25) is 0 Å². The van der Waals surface area contributed by atoms with Gasteiger partial charge in [-0.05, 0) is 49.4 Å². The van der Waals surface area contributed by atoms with Crippen molar-refractivity contribution in [3.63, 3.8) is 0 Å². The number of rotatable bonds is 3. The SMILES string of the molecule is C=C1CCC2[C@](C)(CO)C(O)CC[C@]2(C)[C@H]1C/C=C1/C(=O)OCC1O.[Ac]. The summed E-state index contributed by atoms with van der Waals surface area (Å²) in [7, 11) is 0. The first kappa shape index (κ1) is 22.6. The molecule has 0 aromatic heterocycles. The largest absolute Gasteiger partial charge is 0.459 e. The van der Waals surface area contributed by atoms with Crippen LogP contribution in [0.1, 0.15) is 46.0 Å². The maximum absolute atomic E-state index is 11.8. The van der Waals surface area contributed by atoms with E-state index in [9.17, 15) is 20.1 Å². The molecule has 3 N–H and O–H groups in total. The van der Waals surface area contributed by atoms with Gasteiger partial charge >= 0.3 is 5.97 Å². The fourth-order valence-corrected chi connectivity index (χ4v) is 5.56. The molecule has 1 saturated heterocycles. The van der Waals surface area contributed by atoms with Gasteiger partial charge in [-0.25, -0.2) is 4.79 Å². The number of ether oxygens (including phenoxy) is 1. The monoisotopic (exact) mass is 577 g/mol. The summed E-state index contributed by atoms with van der Waals surface area (Å²) in [5.41, 5.74) is 0.911. The van der Waals surface area contributed by atoms with Gasteiger partial charge in [-0.1, -0.05) is 32.1 Å². The van der Waals surface area contributed by atoms with E-state index in [1.54, 1.807) is 0 Å². The van der Waals surface area contributed by atoms with Crippen LogP contribution < -0.4 is 0 Å². The molecule has 5 nitrogen and oxygen atoms in total. The second-order valence-corrected chi connectivity index (χ2v) is 8.54. The number of fused-ring (bicyclic) bond motifs is 1. The van der Waals surface area contributed by atoms with Crippen molar-refractivity contribution < 1.29 is 68.9 Å². The van der Waals surface area contributed by atoms with Gasteiger partial charge in [0.25, 0.3) is 0 Å². The fourth-order valence-electron chi connectivity index (χ4n) is 5.56. The molecule has 2 saturated carbocycles. The van der Waals surface area contributed by atoms with Crippen LogP contribution in [0, 0.1) is 66.7 Å². The molecule has 0 amide bonds. The van der Waals surface area contributed by atoms with Crippen LogP contribution in [-0.2, 0) is 9.53 Å². The second kappa shape index (κ2) is 8.33. The van der Waals surface area contributed by atoms with Gasteiger partial charge in [0.2, 0.25) is 0 Å². The van der Waals surface area contributed by atoms with Crippen LogP contribution >= 0.6 is 0 Å². The predicted molar refractivity (Wildman–Crippen MR) is 93.6 cm³/mol. The summed E-state index contributed by atoms with van der Waals surface area (Å²) in [5.74, 6) is -0.0734. The minimum atomic E-state index is -0.844. The molecule has 6 atom stereocenters. The average Bonchev–Trinajstić information content (AvgIpc) is 2.89. The standard InChI is InChI=1S/C20H30O5.Ac/c1-12-4-7-16-19(2,9-8-17(23)20(16,3)11-21)14(12)6-5-13-15(22)10-25-18(13)24;/h5,14-17,21-23H,1,4,6-11H2,2-3H3;/b13-5+;/t14-,15?,16?,17?,19+,20-;/m0./s1. The summed E-state index contributed by atoms with van der Waals surface area (Å²) < 4.78 is 4.90. The Morgan fingerprint density at radius 2 is 2.00 bits per heavy atom. The zero-order valence-electron chi connectivity index (χ0n) is 15.8. The van der Waals surface area contributed by atoms with Gasteiger partial charge < -0.3 is 20.1 Å². The number of carbonyl (C=O) groups excluding carboxylic acids is 1. The van der Waals surface area contributed by atoms with E-state index < -0.39 is 23.6 Å². The molecular weight excluding hydrogens is 547 g/mol. The molecule has 3 unspecified atom stereocenters. The van der Waals surface area contributed by atoms with Crippen molar-refractivity contribution in [1.29, 1.82) is 0 Å². The van der Waals surface area contributed by atoms with Crippen LogP contribution in [0.15, 0.2) is 23.8 Å². The fraction of sp³-hybridized carbons (Fsp3) is 0.750. The van der Waals surface area contributed by atoms with Crippen molar-refractivity contribution in [2.75, 3.05) is 13.2 Å². The molecule has 6 heteroatoms. The molecule has 3 aliphatic rings. The number of cyclic esters (lactones) is 1. The molecule has 1 heterocycles. The van der Waals surface area contributed by atoms with Crippen LogP contribution in [0.2, 0.25) is 0 Å². The topological polar surface area (TPSA) is 87.0 Å². The summed E-state index contributed by atoms with van der Waals surface area (Å²) in [6, 6.07) is 0. The number of hydrogen-bond donors (Lipinski definition) is 3. The van der Waals surface area contributed by atoms with E-state index >= 15 is 0 Å². The maximum Gasteiger partial charge on any atom is 0.336 e. The third-order valence-electron chi connectivity index (χ3n) is 7.23. The quantitative estimate of drug-likeness (QED) is 0.272. The van der Waals surface area contributed by atoms with Crippen LogP contribution in [0.4, 0.5) is 0 Å². The number of hydrogen-bond acceptors (Lipinski definition) is 5. The Kier molecular flexibility index (Phi) is 7.23. The first-order valence-electron chi connectivity index (χ1n) is 9.26. The third-order valence-corrected chi connectivity index (χ3v) is 7.23. The summed E-state index contributed by atoms with van der Waals surface area (Å²) in [6.45, 7) is 8.50. The van der Waals surface area contributed by atoms with Crippen molar-refractivity contribution in [2.24, 2.45) is 22.7 Å². The smallest absolute Gasteiger partial charge is 0.336 e. The Morgan fingerprint density at radius 3 is 2.58 bits per heavy atom. The van der Waals surface area contributed by atoms with Crippen LogP contribution in [-0.4, -0.2) is 46.7 Å². The van der Waals surface area contributed by atoms with Crippen LogP contribution in [0.3, 0.4) is 0 Å². The molecular formula is C20H30AcO5. The van der Waals surface area contributed by atoms with E-state index in [2.05, 4.69) is 13.5 Å². The molecule has 2 aliphatic carbocycles. The third kappa shape index (κ3) is 3.62. The van der Waals surface area contributed by atoms with E-state index in [1.165, 1.54) is 0 Å². The van der Waals surface area contributed by atoms with Gasteiger partial charge in [-0.15, -0.1) is 0 Å². The second-order valence-electron chi connectivity index (χ2n) is 8.54. The molecule has 0 aromatic carbocycles. The molecule has 0 bridgehead atoms. The van der Waals surface area contributed by atoms with Crippen LogP contribution in [0.25, 0.3) is 0 Å². The van der Waals surface area contributed by atoms with Gasteiger partial charge in [0.15, 0.2) is 0 Å². The molecule has 26 heavy (non-hydrogen) atoms. The Labute approximate surface area is 191 Å². The maximum atomic E-state index is 11.8. The Hall–Kier alpha value is 0.272. The van der Waals surface area contributed by atoms with E-state index in [0.29, 0.717) is 18.4 Å². The summed E-state index contributed by atoms with van der Waals surface area (Å²) >= 11 is 0. The molecule has 1 radical (unpaired) electrons. The number of carbonyl (C=O) groups is 1. The molecule has 143 valence electrons. The van der Waals surface area contributed by atoms with E-state index in [0.717, 1.165) is 24.8 Å². The number of aliphatic hydroxyl groups is 3. The Bertz CT molecular complexity index is 603. The number of aliphatic hydroxyl groups excluding tert-OH is 3. The summed E-state index contributed by atoms with van der Waals surface area (Å²) in [6.07, 6.45) is 4.42. The minimum Gasteiger partial charge on any atom is -0.459 e. The van der Waals surface area contributed by atoms with Crippen LogP contribution in [0.5, 0.6) is 0 Å². The normalized spacial score (nSPS) is 44.4. The molecule has 1 aliphatic heterocycles. The zero-order chi connectivity index (χ0) is 18.4. The Morgan fingerprint density at radius 1 is 1.31 bits per heavy atom. The van der Waals surface area contributed by atoms with E-state index in [-0.39, 0.29) is 74.5 Å². The van der Waals surface area contributed by atoms with Crippen molar-refractivity contribution in [2.45, 2.75) is 58.2 Å². The van der Waals surface area contributed by atoms with E-state index in [4.69, 9.17) is 4.74 Å². The van der Waals surface area contributed by atoms with Crippen molar-refractivity contribution in [3.8, 4) is 0 Å². The molecule has 3 fully saturated rings. The molecule has 0 aromatic rings. The Balaban J connectivity index is 0.00000243. The van der Waals surface area contributed by atoms with Gasteiger partial charge in [0.1, 0.15) is 12.7 Å². The van der Waals surface area contributed by atoms with Crippen molar-refractivity contribution in [3.05, 3.63) is 23.8 Å². The number of esters is 1. The summed E-state index contributed by atoms with van der Waals surface area (Å²) in [4.78, 5) is 11.8. The van der Waals surface area contributed by atoms with E-state index in [1.807, 2.05) is 13.0 Å². The van der Waals surface area contributed by atoms with Crippen molar-refractivity contribution >= 4 is 5.97 Å². The summed E-state index contributed by atoms with van der Waals surface area (Å²) in [5, 5.41) is 30.4. The first-order valence-corrected chi connectivity index (χ1v) is 9.26. The van der Waals surface area contributed by atoms with Gasteiger partial charge in [0, 0.05) is 49.5 Å². The molecule has 0 spiro atoms. The molecule has 3 rings (SSSR count). The van der Waals surface area contributed by atoms with Gasteiger partial charge in [0.05, 0.1) is 18.3 Å².